The fourth-order valence-electron chi connectivity index (χ4n) is 12.1. The Morgan fingerprint density at radius 1 is 0.427 bits per heavy atom. The average molecular weight is 1250 g/mol. The minimum atomic E-state index is 0. The third-order valence-electron chi connectivity index (χ3n) is 15.9. The Bertz CT molecular complexity index is 4550. The fourth-order valence-corrected chi connectivity index (χ4v) is 12.1. The van der Waals surface area contributed by atoms with Gasteiger partial charge in [-0.25, -0.2) is 4.98 Å². The summed E-state index contributed by atoms with van der Waals surface area (Å²) in [6.45, 7) is 24.3. The molecule has 0 atom stereocenters. The van der Waals surface area contributed by atoms with Crippen molar-refractivity contribution in [3.05, 3.63) is 215 Å². The molecule has 0 radical (unpaired) electrons. The van der Waals surface area contributed by atoms with Crippen LogP contribution in [0.2, 0.25) is 0 Å². The van der Waals surface area contributed by atoms with Crippen molar-refractivity contribution >= 4 is 54.9 Å². The molecule has 13 aromatic rings. The molecule has 0 spiro atoms. The molecule has 0 amide bonds. The molecule has 0 fully saturated rings. The van der Waals surface area contributed by atoms with Crippen LogP contribution in [0.4, 0.5) is 0 Å². The maximum absolute atomic E-state index is 7.18. The molecule has 0 N–H and O–H groups in total. The van der Waals surface area contributed by atoms with Gasteiger partial charge in [-0.05, 0) is 144 Å². The number of rotatable bonds is 12. The van der Waals surface area contributed by atoms with E-state index in [1.165, 1.54) is 44.5 Å². The Balaban J connectivity index is 0.00000665. The molecule has 0 aliphatic rings. The van der Waals surface area contributed by atoms with E-state index in [9.17, 15) is 0 Å². The van der Waals surface area contributed by atoms with Crippen LogP contribution in [-0.4, -0.2) is 29.1 Å². The summed E-state index contributed by atoms with van der Waals surface area (Å²) in [5.41, 5.74) is 21.9. The Hall–Kier alpha value is -8.45. The molecule has 0 bridgehead atoms. The monoisotopic (exact) mass is 1250 g/mol. The summed E-state index contributed by atoms with van der Waals surface area (Å²) in [4.78, 5) is 21.1. The summed E-state index contributed by atoms with van der Waals surface area (Å²) in [5.74, 6) is 3.21. The zero-order valence-electron chi connectivity index (χ0n) is 48.2. The molecule has 5 aromatic heterocycles. The first-order chi connectivity index (χ1) is 39.2. The van der Waals surface area contributed by atoms with E-state index in [-0.39, 0.29) is 44.7 Å². The zero-order valence-corrected chi connectivity index (χ0v) is 50.5. The summed E-state index contributed by atoms with van der Waals surface area (Å²) in [7, 11) is 0. The van der Waals surface area contributed by atoms with Crippen LogP contribution < -0.4 is 4.74 Å². The quantitative estimate of drug-likeness (QED) is 0.113. The first-order valence-corrected chi connectivity index (χ1v) is 28.4. The molecule has 9 heteroatoms. The second kappa shape index (κ2) is 21.5. The van der Waals surface area contributed by atoms with Gasteiger partial charge in [0.2, 0.25) is 0 Å². The number of hydrogen-bond acceptors (Lipinski definition) is 6. The van der Waals surface area contributed by atoms with Crippen LogP contribution in [-0.2, 0) is 21.1 Å². The van der Waals surface area contributed by atoms with Crippen LogP contribution in [0.25, 0.3) is 111 Å². The molecule has 5 heterocycles. The molecule has 13 rings (SSSR count). The summed E-state index contributed by atoms with van der Waals surface area (Å²) in [6, 6.07) is 65.4. The van der Waals surface area contributed by atoms with Crippen molar-refractivity contribution in [3.63, 3.8) is 0 Å². The van der Waals surface area contributed by atoms with Gasteiger partial charge in [-0.15, -0.1) is 23.8 Å². The van der Waals surface area contributed by atoms with Gasteiger partial charge in [-0.3, -0.25) is 15.0 Å². The van der Waals surface area contributed by atoms with Crippen LogP contribution in [0.3, 0.4) is 0 Å². The molecule has 408 valence electrons. The summed E-state index contributed by atoms with van der Waals surface area (Å²) in [5, 5.41) is 2.71. The molecule has 0 saturated carbocycles. The topological polar surface area (TPSA) is 83.8 Å². The average Bonchev–Trinajstić information content (AvgIpc) is 3.43. The Labute approximate surface area is 494 Å². The van der Waals surface area contributed by atoms with Crippen LogP contribution in [0.5, 0.6) is 11.5 Å². The van der Waals surface area contributed by atoms with E-state index in [0.717, 1.165) is 83.6 Å². The van der Waals surface area contributed by atoms with Crippen LogP contribution in [0, 0.1) is 32.9 Å². The molecule has 8 nitrogen and oxygen atoms in total. The third-order valence-corrected chi connectivity index (χ3v) is 15.9. The maximum Gasteiger partial charge on any atom is 2.00 e. The first-order valence-electron chi connectivity index (χ1n) is 28.4. The number of aryl methyl sites for hydroxylation is 3. The normalized spacial score (nSPS) is 11.9. The maximum atomic E-state index is 7.18. The van der Waals surface area contributed by atoms with Crippen LogP contribution in [0.1, 0.15) is 118 Å². The van der Waals surface area contributed by atoms with Gasteiger partial charge >= 0.3 is 21.1 Å². The SMILES string of the molecule is Cc1cc2nc(C)c3oc4c(-c5nc6ccccc6n5-c5c(C(C)C)cc(-c6ccccc6)cc5C(C)C)[c-]c(Oc5[c-]c(-c6nc7ccccc7n6-c6c(C(C)C)cc(-c7ccccc7)cc6C(C)C)ccc5)cc4c3c2c(C)n1.[Pt+2]. The molecule has 82 heavy (non-hydrogen) atoms. The smallest absolute Gasteiger partial charge is 0.499 e. The molecule has 0 aliphatic carbocycles. The number of para-hydroxylation sites is 4. The van der Waals surface area contributed by atoms with Gasteiger partial charge in [0, 0.05) is 45.0 Å². The van der Waals surface area contributed by atoms with Gasteiger partial charge in [0.05, 0.1) is 50.5 Å². The second-order valence-corrected chi connectivity index (χ2v) is 22.9. The van der Waals surface area contributed by atoms with Crippen molar-refractivity contribution in [1.29, 1.82) is 0 Å². The van der Waals surface area contributed by atoms with Gasteiger partial charge in [0.1, 0.15) is 5.58 Å². The van der Waals surface area contributed by atoms with E-state index in [1.807, 2.05) is 26.0 Å². The predicted octanol–water partition coefficient (Wildman–Crippen LogP) is 19.7. The van der Waals surface area contributed by atoms with Crippen molar-refractivity contribution in [1.82, 2.24) is 29.1 Å². The standard InChI is InChI=1S/C73H64N6O2.Pt/c1-41(2)55-35-51(48-23-14-12-15-24-48)36-56(42(3)4)68(55)78-64-31-20-18-29-61(64)76-72(78)50-27-22-28-53(34-50)80-54-39-59-67-66-46(10)74-45(9)33-63(66)75-47(11)70(67)81-71(59)60(40-54)73-77-62-30-19-21-32-65(62)79(73)69-57(43(5)6)37-52(38-58(69)44(7)8)49-25-16-13-17-26-49;/h12-33,35-39,41-44H,1-11H3;/q-2;+2. The van der Waals surface area contributed by atoms with Gasteiger partial charge in [-0.2, -0.15) is 0 Å². The number of aromatic nitrogens is 6. The van der Waals surface area contributed by atoms with Gasteiger partial charge in [0.25, 0.3) is 0 Å². The minimum absolute atomic E-state index is 0. The number of benzene rings is 8. The van der Waals surface area contributed by atoms with E-state index < -0.39 is 0 Å². The van der Waals surface area contributed by atoms with E-state index >= 15 is 0 Å². The number of ether oxygens (including phenoxy) is 1. The number of pyridine rings is 2. The Morgan fingerprint density at radius 2 is 0.927 bits per heavy atom. The van der Waals surface area contributed by atoms with E-state index in [1.54, 1.807) is 0 Å². The van der Waals surface area contributed by atoms with E-state index in [0.29, 0.717) is 34.1 Å². The van der Waals surface area contributed by atoms with Crippen molar-refractivity contribution in [2.24, 2.45) is 0 Å². The van der Waals surface area contributed by atoms with Crippen molar-refractivity contribution in [3.8, 4) is 67.9 Å². The molecule has 0 unspecified atom stereocenters. The molecule has 0 aliphatic heterocycles. The number of hydrogen-bond donors (Lipinski definition) is 0. The third kappa shape index (κ3) is 9.31. The van der Waals surface area contributed by atoms with Gasteiger partial charge in [-0.1, -0.05) is 169 Å². The van der Waals surface area contributed by atoms with Crippen molar-refractivity contribution < 1.29 is 30.2 Å². The summed E-state index contributed by atoms with van der Waals surface area (Å²) >= 11 is 0. The predicted molar refractivity (Wildman–Crippen MR) is 333 cm³/mol. The number of nitrogens with zero attached hydrogens (tertiary/aromatic N) is 6. The minimum Gasteiger partial charge on any atom is -0.499 e. The Kier molecular flexibility index (Phi) is 14.2. The van der Waals surface area contributed by atoms with E-state index in [2.05, 4.69) is 235 Å². The van der Waals surface area contributed by atoms with Crippen LogP contribution >= 0.6 is 0 Å². The number of fused-ring (bicyclic) bond motifs is 7. The molecule has 0 saturated heterocycles. The van der Waals surface area contributed by atoms with Gasteiger partial charge in [0.15, 0.2) is 0 Å². The van der Waals surface area contributed by atoms with Crippen molar-refractivity contribution in [2.75, 3.05) is 0 Å². The van der Waals surface area contributed by atoms with E-state index in [4.69, 9.17) is 29.1 Å². The zero-order chi connectivity index (χ0) is 56.0. The molecule has 8 aromatic carbocycles. The largest absolute Gasteiger partial charge is 2.00 e. The summed E-state index contributed by atoms with van der Waals surface area (Å²) < 4.78 is 19.1. The number of imidazole rings is 2. The summed E-state index contributed by atoms with van der Waals surface area (Å²) in [6.07, 6.45) is 0. The fraction of sp³-hybridized carbons (Fsp3) is 0.205. The van der Waals surface area contributed by atoms with Crippen LogP contribution in [0.15, 0.2) is 168 Å². The Morgan fingerprint density at radius 3 is 1.46 bits per heavy atom. The molecular formula is C73H64N6O2Pt. The number of furan rings is 1. The van der Waals surface area contributed by atoms with Gasteiger partial charge < -0.3 is 18.3 Å². The second-order valence-electron chi connectivity index (χ2n) is 22.9. The van der Waals surface area contributed by atoms with Crippen molar-refractivity contribution in [2.45, 2.75) is 99.8 Å². The first kappa shape index (κ1) is 54.2. The molecular weight excluding hydrogens is 1190 g/mol.